The van der Waals surface area contributed by atoms with E-state index in [-0.39, 0.29) is 17.7 Å². The average molecular weight is 375 g/mol. The Morgan fingerprint density at radius 2 is 2.14 bits per heavy atom. The van der Waals surface area contributed by atoms with Gasteiger partial charge in [0.25, 0.3) is 0 Å². The molecule has 4 heterocycles. The lowest BCUT2D eigenvalue weighted by Crippen LogP contribution is -2.49. The number of carbonyl (C=O) groups excluding carboxylic acids is 1. The molecular formula is C20H21N7O. The van der Waals surface area contributed by atoms with E-state index in [1.807, 2.05) is 36.6 Å². The predicted octanol–water partition coefficient (Wildman–Crippen LogP) is 1.77. The average Bonchev–Trinajstić information content (AvgIpc) is 3.17. The van der Waals surface area contributed by atoms with Crippen LogP contribution in [0.15, 0.2) is 30.7 Å². The van der Waals surface area contributed by atoms with E-state index in [4.69, 9.17) is 5.26 Å². The topological polar surface area (TPSA) is 93.8 Å². The highest BCUT2D eigenvalue weighted by atomic mass is 16.2. The zero-order valence-electron chi connectivity index (χ0n) is 15.7. The van der Waals surface area contributed by atoms with Crippen LogP contribution in [0, 0.1) is 23.2 Å². The summed E-state index contributed by atoms with van der Waals surface area (Å²) in [6.45, 7) is 2.94. The smallest absolute Gasteiger partial charge is 0.227 e. The lowest BCUT2D eigenvalue weighted by Gasteiger charge is -2.36. The van der Waals surface area contributed by atoms with Crippen molar-refractivity contribution >= 4 is 22.6 Å². The Morgan fingerprint density at radius 1 is 1.32 bits per heavy atom. The highest BCUT2D eigenvalue weighted by Gasteiger charge is 2.45. The summed E-state index contributed by atoms with van der Waals surface area (Å²) in [7, 11) is 1.90. The van der Waals surface area contributed by atoms with E-state index >= 15 is 0 Å². The Kier molecular flexibility index (Phi) is 3.83. The second-order valence-electron chi connectivity index (χ2n) is 7.57. The number of aromatic amines is 1. The summed E-state index contributed by atoms with van der Waals surface area (Å²) in [5.74, 6) is -0.00131. The molecule has 2 atom stereocenters. The Morgan fingerprint density at radius 3 is 2.82 bits per heavy atom. The molecule has 3 aromatic heterocycles. The number of nitrogens with one attached hydrogen (secondary N) is 1. The maximum absolute atomic E-state index is 12.5. The van der Waals surface area contributed by atoms with Crippen molar-refractivity contribution in [2.45, 2.75) is 6.42 Å². The summed E-state index contributed by atoms with van der Waals surface area (Å²) >= 11 is 0. The molecule has 8 nitrogen and oxygen atoms in total. The van der Waals surface area contributed by atoms with Crippen molar-refractivity contribution in [1.29, 1.82) is 5.26 Å². The first-order chi connectivity index (χ1) is 13.6. The molecule has 1 aliphatic carbocycles. The van der Waals surface area contributed by atoms with Crippen LogP contribution in [-0.4, -0.2) is 56.7 Å². The number of nitriles is 1. The van der Waals surface area contributed by atoms with Gasteiger partial charge in [0.1, 0.15) is 5.65 Å². The number of fused-ring (bicyclic) bond motifs is 1. The minimum Gasteiger partial charge on any atom is -0.367 e. The van der Waals surface area contributed by atoms with E-state index in [0.29, 0.717) is 13.1 Å². The maximum atomic E-state index is 12.5. The standard InChI is InChI=1S/C20H21N7O/c1-25-12-14(11-23-25)17-9-16-18(2-3-22-19(16)24-17)26-4-6-27(7-5-26)20(28)15-8-13(15)10-21/h2-3,9,11-13,15H,4-8H2,1H3,(H,22,24)/t13-,15+/m1/s1. The molecule has 2 aliphatic rings. The fraction of sp³-hybridized carbons (Fsp3) is 0.400. The van der Waals surface area contributed by atoms with Crippen LogP contribution >= 0.6 is 0 Å². The van der Waals surface area contributed by atoms with Gasteiger partial charge in [-0.3, -0.25) is 9.48 Å². The Balaban J connectivity index is 1.35. The molecule has 5 rings (SSSR count). The molecule has 1 N–H and O–H groups in total. The summed E-state index contributed by atoms with van der Waals surface area (Å²) in [5, 5.41) is 14.3. The summed E-state index contributed by atoms with van der Waals surface area (Å²) in [5.41, 5.74) is 4.00. The summed E-state index contributed by atoms with van der Waals surface area (Å²) in [4.78, 5) is 24.6. The number of anilines is 1. The van der Waals surface area contributed by atoms with E-state index in [9.17, 15) is 4.79 Å². The first kappa shape index (κ1) is 16.8. The maximum Gasteiger partial charge on any atom is 0.227 e. The zero-order valence-corrected chi connectivity index (χ0v) is 15.7. The molecule has 142 valence electrons. The molecule has 8 heteroatoms. The van der Waals surface area contributed by atoms with Crippen LogP contribution in [-0.2, 0) is 11.8 Å². The van der Waals surface area contributed by atoms with Crippen LogP contribution in [0.2, 0.25) is 0 Å². The Bertz CT molecular complexity index is 1080. The molecule has 1 saturated heterocycles. The molecule has 28 heavy (non-hydrogen) atoms. The molecule has 1 aliphatic heterocycles. The van der Waals surface area contributed by atoms with Gasteiger partial charge in [0, 0.05) is 62.3 Å². The monoisotopic (exact) mass is 375 g/mol. The fourth-order valence-corrected chi connectivity index (χ4v) is 4.02. The molecule has 0 radical (unpaired) electrons. The lowest BCUT2D eigenvalue weighted by molar-refractivity contribution is -0.133. The molecule has 1 amide bonds. The second kappa shape index (κ2) is 6.37. The number of piperazine rings is 1. The van der Waals surface area contributed by atoms with E-state index in [0.717, 1.165) is 47.5 Å². The highest BCUT2D eigenvalue weighted by molar-refractivity contribution is 5.94. The molecule has 2 fully saturated rings. The molecule has 0 unspecified atom stereocenters. The molecule has 0 aromatic carbocycles. The van der Waals surface area contributed by atoms with Gasteiger partial charge in [0.2, 0.25) is 5.91 Å². The summed E-state index contributed by atoms with van der Waals surface area (Å²) in [6.07, 6.45) is 6.35. The van der Waals surface area contributed by atoms with Crippen LogP contribution in [0.1, 0.15) is 6.42 Å². The van der Waals surface area contributed by atoms with Gasteiger partial charge < -0.3 is 14.8 Å². The second-order valence-corrected chi connectivity index (χ2v) is 7.57. The first-order valence-electron chi connectivity index (χ1n) is 9.54. The third kappa shape index (κ3) is 2.80. The van der Waals surface area contributed by atoms with E-state index < -0.39 is 0 Å². The lowest BCUT2D eigenvalue weighted by atomic mass is 10.2. The number of carbonyl (C=O) groups is 1. The van der Waals surface area contributed by atoms with E-state index in [1.54, 1.807) is 4.68 Å². The number of amides is 1. The minimum absolute atomic E-state index is 0.0731. The van der Waals surface area contributed by atoms with Crippen molar-refractivity contribution in [3.05, 3.63) is 30.7 Å². The van der Waals surface area contributed by atoms with Crippen molar-refractivity contribution in [1.82, 2.24) is 24.6 Å². The van der Waals surface area contributed by atoms with Gasteiger partial charge in [-0.05, 0) is 18.6 Å². The number of aromatic nitrogens is 4. The number of rotatable bonds is 3. The minimum atomic E-state index is -0.0732. The third-order valence-electron chi connectivity index (χ3n) is 5.73. The van der Waals surface area contributed by atoms with Gasteiger partial charge in [0.05, 0.1) is 29.8 Å². The highest BCUT2D eigenvalue weighted by Crippen LogP contribution is 2.39. The number of aryl methyl sites for hydroxylation is 1. The molecule has 0 spiro atoms. The van der Waals surface area contributed by atoms with Crippen LogP contribution in [0.5, 0.6) is 0 Å². The number of hydrogen-bond donors (Lipinski definition) is 1. The molecule has 0 bridgehead atoms. The van der Waals surface area contributed by atoms with Gasteiger partial charge in [-0.1, -0.05) is 0 Å². The van der Waals surface area contributed by atoms with Gasteiger partial charge in [-0.25, -0.2) is 4.98 Å². The number of H-pyrrole nitrogens is 1. The van der Waals surface area contributed by atoms with Crippen molar-refractivity contribution in [3.8, 4) is 17.3 Å². The predicted molar refractivity (Wildman–Crippen MR) is 104 cm³/mol. The molecular weight excluding hydrogens is 354 g/mol. The fourth-order valence-electron chi connectivity index (χ4n) is 4.02. The molecule has 1 saturated carbocycles. The van der Waals surface area contributed by atoms with Crippen LogP contribution in [0.4, 0.5) is 5.69 Å². The van der Waals surface area contributed by atoms with Crippen LogP contribution < -0.4 is 4.90 Å². The van der Waals surface area contributed by atoms with E-state index in [2.05, 4.69) is 32.1 Å². The quantitative estimate of drug-likeness (QED) is 0.753. The van der Waals surface area contributed by atoms with Crippen molar-refractivity contribution in [3.63, 3.8) is 0 Å². The first-order valence-corrected chi connectivity index (χ1v) is 9.54. The van der Waals surface area contributed by atoms with Crippen molar-refractivity contribution < 1.29 is 4.79 Å². The van der Waals surface area contributed by atoms with E-state index in [1.165, 1.54) is 0 Å². The van der Waals surface area contributed by atoms with Crippen molar-refractivity contribution in [2.75, 3.05) is 31.1 Å². The van der Waals surface area contributed by atoms with Gasteiger partial charge in [-0.2, -0.15) is 10.4 Å². The summed E-state index contributed by atoms with van der Waals surface area (Å²) in [6, 6.07) is 6.36. The molecule has 3 aromatic rings. The van der Waals surface area contributed by atoms with Gasteiger partial charge in [-0.15, -0.1) is 0 Å². The number of nitrogens with zero attached hydrogens (tertiary/aromatic N) is 6. The van der Waals surface area contributed by atoms with Gasteiger partial charge in [0.15, 0.2) is 0 Å². The number of hydrogen-bond acceptors (Lipinski definition) is 5. The normalized spacial score (nSPS) is 21.7. The Hall–Kier alpha value is -3.34. The van der Waals surface area contributed by atoms with Crippen LogP contribution in [0.25, 0.3) is 22.3 Å². The Labute approximate surface area is 162 Å². The SMILES string of the molecule is Cn1cc(-c2cc3c(N4CCN(C(=O)[C@H]5C[C@@H]5C#N)CC4)ccnc3[nH]2)cn1. The summed E-state index contributed by atoms with van der Waals surface area (Å²) < 4.78 is 1.78. The zero-order chi connectivity index (χ0) is 19.3. The largest absolute Gasteiger partial charge is 0.367 e. The van der Waals surface area contributed by atoms with Crippen molar-refractivity contribution in [2.24, 2.45) is 18.9 Å². The van der Waals surface area contributed by atoms with Crippen LogP contribution in [0.3, 0.4) is 0 Å². The number of pyridine rings is 1. The van der Waals surface area contributed by atoms with Gasteiger partial charge >= 0.3 is 0 Å². The third-order valence-corrected chi connectivity index (χ3v) is 5.73.